The molecule has 0 N–H and O–H groups in total. The molecule has 41 heavy (non-hydrogen) atoms. The van der Waals surface area contributed by atoms with Crippen molar-refractivity contribution in [3.8, 4) is 5.75 Å². The highest BCUT2D eigenvalue weighted by Crippen LogP contribution is 2.30. The number of alkyl halides is 1. The minimum absolute atomic E-state index is 0.0916. The Bertz CT molecular complexity index is 1510. The molecular formula is C35H34BrNO4. The molecule has 4 aromatic carbocycles. The Labute approximate surface area is 250 Å². The minimum Gasteiger partial charge on any atom is -0.488 e. The zero-order chi connectivity index (χ0) is 29.8. The molecule has 1 amide bonds. The third kappa shape index (κ3) is 9.12. The van der Waals surface area contributed by atoms with Crippen molar-refractivity contribution >= 4 is 40.0 Å². The number of benzene rings is 4. The van der Waals surface area contributed by atoms with Gasteiger partial charge in [-0.2, -0.15) is 0 Å². The summed E-state index contributed by atoms with van der Waals surface area (Å²) >= 11 is 3.30. The van der Waals surface area contributed by atoms with Crippen LogP contribution in [0.15, 0.2) is 97.6 Å². The predicted octanol–water partition coefficient (Wildman–Crippen LogP) is 8.09. The lowest BCUT2D eigenvalue weighted by atomic mass is 9.99. The molecule has 0 radical (unpaired) electrons. The molecule has 4 rings (SSSR count). The van der Waals surface area contributed by atoms with Gasteiger partial charge in [-0.3, -0.25) is 14.4 Å². The number of ether oxygens (including phenoxy) is 1. The fraction of sp³-hybridized carbons (Fsp3) is 0.171. The number of amides is 1. The van der Waals surface area contributed by atoms with Crippen LogP contribution >= 0.6 is 15.9 Å². The molecule has 6 heteroatoms. The van der Waals surface area contributed by atoms with E-state index in [1.165, 1.54) is 0 Å². The van der Waals surface area contributed by atoms with Crippen LogP contribution in [-0.2, 0) is 18.5 Å². The Morgan fingerprint density at radius 2 is 1.41 bits per heavy atom. The summed E-state index contributed by atoms with van der Waals surface area (Å²) < 4.78 is 6.06. The molecule has 0 atom stereocenters. The number of aldehydes is 2. The minimum atomic E-state index is -0.0916. The zero-order valence-corrected chi connectivity index (χ0v) is 25.2. The van der Waals surface area contributed by atoms with Gasteiger partial charge in [-0.25, -0.2) is 0 Å². The van der Waals surface area contributed by atoms with E-state index in [4.69, 9.17) is 4.74 Å². The molecule has 0 bridgehead atoms. The summed E-state index contributed by atoms with van der Waals surface area (Å²) in [5.41, 5.74) is 7.54. The summed E-state index contributed by atoms with van der Waals surface area (Å²) in [5, 5.41) is 0.800. The van der Waals surface area contributed by atoms with Gasteiger partial charge in [0.05, 0.1) is 0 Å². The van der Waals surface area contributed by atoms with E-state index in [9.17, 15) is 14.4 Å². The standard InChI is InChI=1S/C27H27NO3.C8H7BrO/c1-19(2)24-15-25(20(3)13-26(24)31-18-21-9-6-5-7-10-21)27(30)28(4)16-22-11-8-12-23(14-22)17-29;9-5-7-2-1-3-8(4-7)6-10/h5-15,17H,1,16,18H2,2-4H3;1-4,6H,5H2. The van der Waals surface area contributed by atoms with Crippen LogP contribution in [0, 0.1) is 6.92 Å². The second kappa shape index (κ2) is 15.5. The number of nitrogens with zero attached hydrogens (tertiary/aromatic N) is 1. The normalized spacial score (nSPS) is 10.1. The van der Waals surface area contributed by atoms with E-state index in [2.05, 4.69) is 22.5 Å². The molecular weight excluding hydrogens is 578 g/mol. The van der Waals surface area contributed by atoms with E-state index in [1.807, 2.05) is 86.6 Å². The second-order valence-electron chi connectivity index (χ2n) is 9.74. The van der Waals surface area contributed by atoms with E-state index in [-0.39, 0.29) is 5.91 Å². The van der Waals surface area contributed by atoms with Crippen LogP contribution in [-0.4, -0.2) is 30.4 Å². The van der Waals surface area contributed by atoms with Crippen LogP contribution < -0.4 is 4.74 Å². The average molecular weight is 613 g/mol. The number of rotatable bonds is 10. The number of carbonyl (C=O) groups excluding carboxylic acids is 3. The van der Waals surface area contributed by atoms with Crippen molar-refractivity contribution in [2.75, 3.05) is 7.05 Å². The van der Waals surface area contributed by atoms with Gasteiger partial charge in [0.25, 0.3) is 5.91 Å². The van der Waals surface area contributed by atoms with Crippen molar-refractivity contribution in [1.29, 1.82) is 0 Å². The first kappa shape index (κ1) is 31.2. The van der Waals surface area contributed by atoms with E-state index in [0.29, 0.717) is 30.0 Å². The molecule has 5 nitrogen and oxygen atoms in total. The molecule has 0 spiro atoms. The van der Waals surface area contributed by atoms with Gasteiger partial charge < -0.3 is 9.64 Å². The van der Waals surface area contributed by atoms with Crippen molar-refractivity contribution < 1.29 is 19.1 Å². The Hall–Kier alpha value is -4.29. The molecule has 0 aliphatic carbocycles. The maximum atomic E-state index is 13.2. The van der Waals surface area contributed by atoms with Crippen molar-refractivity contribution in [2.45, 2.75) is 32.3 Å². The maximum Gasteiger partial charge on any atom is 0.254 e. The molecule has 0 aromatic heterocycles. The summed E-state index contributed by atoms with van der Waals surface area (Å²) in [6, 6.07) is 28.5. The molecule has 0 fully saturated rings. The Morgan fingerprint density at radius 3 is 2.00 bits per heavy atom. The van der Waals surface area contributed by atoms with Gasteiger partial charge in [-0.15, -0.1) is 0 Å². The summed E-state index contributed by atoms with van der Waals surface area (Å²) in [6.45, 7) is 8.74. The van der Waals surface area contributed by atoms with E-state index in [1.54, 1.807) is 30.1 Å². The smallest absolute Gasteiger partial charge is 0.254 e. The van der Waals surface area contributed by atoms with Gasteiger partial charge in [0.15, 0.2) is 0 Å². The number of hydrogen-bond donors (Lipinski definition) is 0. The highest BCUT2D eigenvalue weighted by molar-refractivity contribution is 9.08. The molecule has 0 saturated carbocycles. The lowest BCUT2D eigenvalue weighted by Gasteiger charge is -2.21. The summed E-state index contributed by atoms with van der Waals surface area (Å²) in [7, 11) is 1.76. The van der Waals surface area contributed by atoms with Gasteiger partial charge >= 0.3 is 0 Å². The van der Waals surface area contributed by atoms with Crippen molar-refractivity contribution in [3.63, 3.8) is 0 Å². The van der Waals surface area contributed by atoms with Crippen molar-refractivity contribution in [1.82, 2.24) is 4.90 Å². The van der Waals surface area contributed by atoms with Crippen LogP contribution in [0.5, 0.6) is 5.75 Å². The van der Waals surface area contributed by atoms with Crippen molar-refractivity contribution in [3.05, 3.63) is 142 Å². The maximum absolute atomic E-state index is 13.2. The number of aryl methyl sites for hydroxylation is 1. The van der Waals surface area contributed by atoms with Crippen LogP contribution in [0.2, 0.25) is 0 Å². The first-order chi connectivity index (χ1) is 19.7. The average Bonchev–Trinajstić information content (AvgIpc) is 3.00. The van der Waals surface area contributed by atoms with Crippen LogP contribution in [0.3, 0.4) is 0 Å². The first-order valence-electron chi connectivity index (χ1n) is 13.1. The number of hydrogen-bond acceptors (Lipinski definition) is 4. The highest BCUT2D eigenvalue weighted by atomic mass is 79.9. The molecule has 210 valence electrons. The second-order valence-corrected chi connectivity index (χ2v) is 10.3. The topological polar surface area (TPSA) is 63.7 Å². The number of carbonyl (C=O) groups is 3. The SMILES string of the molecule is C=C(C)c1cc(C(=O)N(C)Cc2cccc(C=O)c2)c(C)cc1OCc1ccccc1.O=Cc1cccc(CBr)c1. The lowest BCUT2D eigenvalue weighted by molar-refractivity contribution is 0.0784. The first-order valence-corrected chi connectivity index (χ1v) is 14.2. The molecule has 0 saturated heterocycles. The van der Waals surface area contributed by atoms with E-state index >= 15 is 0 Å². The Kier molecular flexibility index (Phi) is 11.8. The van der Waals surface area contributed by atoms with Crippen LogP contribution in [0.4, 0.5) is 0 Å². The molecule has 0 aliphatic heterocycles. The van der Waals surface area contributed by atoms with Gasteiger partial charge in [0.2, 0.25) is 0 Å². The van der Waals surface area contributed by atoms with Crippen LogP contribution in [0.1, 0.15) is 65.8 Å². The summed E-state index contributed by atoms with van der Waals surface area (Å²) in [5.74, 6) is 0.623. The summed E-state index contributed by atoms with van der Waals surface area (Å²) in [4.78, 5) is 36.1. The van der Waals surface area contributed by atoms with Gasteiger partial charge in [0, 0.05) is 41.2 Å². The molecule has 0 aliphatic rings. The fourth-order valence-electron chi connectivity index (χ4n) is 4.17. The quantitative estimate of drug-likeness (QED) is 0.134. The van der Waals surface area contributed by atoms with Crippen LogP contribution in [0.25, 0.3) is 5.57 Å². The number of allylic oxidation sites excluding steroid dienone is 1. The predicted molar refractivity (Wildman–Crippen MR) is 169 cm³/mol. The van der Waals surface area contributed by atoms with Gasteiger partial charge in [-0.1, -0.05) is 89.2 Å². The fourth-order valence-corrected chi connectivity index (χ4v) is 4.51. The van der Waals surface area contributed by atoms with Gasteiger partial charge in [0.1, 0.15) is 24.9 Å². The third-order valence-corrected chi connectivity index (χ3v) is 7.00. The molecule has 0 heterocycles. The monoisotopic (exact) mass is 611 g/mol. The highest BCUT2D eigenvalue weighted by Gasteiger charge is 2.18. The van der Waals surface area contributed by atoms with Gasteiger partial charge in [-0.05, 0) is 65.9 Å². The largest absolute Gasteiger partial charge is 0.488 e. The Morgan fingerprint density at radius 1 is 0.829 bits per heavy atom. The third-order valence-electron chi connectivity index (χ3n) is 6.35. The Balaban J connectivity index is 0.000000389. The summed E-state index contributed by atoms with van der Waals surface area (Å²) in [6.07, 6.45) is 1.66. The zero-order valence-electron chi connectivity index (χ0n) is 23.6. The lowest BCUT2D eigenvalue weighted by Crippen LogP contribution is -2.27. The van der Waals surface area contributed by atoms with E-state index in [0.717, 1.165) is 56.9 Å². The number of halogens is 1. The molecule has 4 aromatic rings. The van der Waals surface area contributed by atoms with Crippen molar-refractivity contribution in [2.24, 2.45) is 0 Å². The molecule has 0 unspecified atom stereocenters. The van der Waals surface area contributed by atoms with E-state index < -0.39 is 0 Å².